The summed E-state index contributed by atoms with van der Waals surface area (Å²) in [6.07, 6.45) is 2.91. The van der Waals surface area contributed by atoms with E-state index in [9.17, 15) is 9.90 Å². The Morgan fingerprint density at radius 2 is 1.90 bits per heavy atom. The predicted octanol–water partition coefficient (Wildman–Crippen LogP) is 4.16. The van der Waals surface area contributed by atoms with Crippen LogP contribution in [0.3, 0.4) is 0 Å². The first-order valence-electron chi connectivity index (χ1n) is 6.09. The molecule has 0 aromatic heterocycles. The number of carbonyl (C=O) groups excluding carboxylic acids is 1. The molecule has 3 nitrogen and oxygen atoms in total. The minimum absolute atomic E-state index is 0.138. The molecule has 2 aromatic carbocycles. The van der Waals surface area contributed by atoms with Crippen molar-refractivity contribution in [1.82, 2.24) is 0 Å². The molecule has 0 aliphatic heterocycles. The third-order valence-electron chi connectivity index (χ3n) is 2.76. The summed E-state index contributed by atoms with van der Waals surface area (Å²) >= 11 is 5.76. The van der Waals surface area contributed by atoms with E-state index < -0.39 is 0 Å². The average Bonchev–Trinajstić information content (AvgIpc) is 2.42. The number of anilines is 1. The molecular weight excluding hydrogens is 274 g/mol. The van der Waals surface area contributed by atoms with Crippen LogP contribution in [-0.4, -0.2) is 10.9 Å². The molecule has 0 spiro atoms. The summed E-state index contributed by atoms with van der Waals surface area (Å²) in [5.41, 5.74) is 2.07. The van der Waals surface area contributed by atoms with Crippen molar-refractivity contribution in [3.63, 3.8) is 0 Å². The van der Waals surface area contributed by atoms with Crippen LogP contribution in [0.5, 0.6) is 5.75 Å². The summed E-state index contributed by atoms with van der Waals surface area (Å²) in [7, 11) is 0. The number of carbonyl (C=O) groups is 1. The highest BCUT2D eigenvalue weighted by Crippen LogP contribution is 2.23. The van der Waals surface area contributed by atoms with Gasteiger partial charge in [0, 0.05) is 22.9 Å². The third kappa shape index (κ3) is 3.62. The second-order valence-electron chi connectivity index (χ2n) is 4.37. The van der Waals surface area contributed by atoms with Gasteiger partial charge in [0.15, 0.2) is 5.78 Å². The van der Waals surface area contributed by atoms with Gasteiger partial charge >= 0.3 is 0 Å². The quantitative estimate of drug-likeness (QED) is 0.504. The topological polar surface area (TPSA) is 49.3 Å². The summed E-state index contributed by atoms with van der Waals surface area (Å²) in [4.78, 5) is 11.9. The highest BCUT2D eigenvalue weighted by atomic mass is 35.5. The van der Waals surface area contributed by atoms with Crippen LogP contribution in [0.1, 0.15) is 15.9 Å². The molecule has 0 bridgehead atoms. The second kappa shape index (κ2) is 6.26. The third-order valence-corrected chi connectivity index (χ3v) is 3.01. The van der Waals surface area contributed by atoms with Gasteiger partial charge in [-0.25, -0.2) is 0 Å². The van der Waals surface area contributed by atoms with Gasteiger partial charge in [0.05, 0.1) is 5.69 Å². The van der Waals surface area contributed by atoms with Gasteiger partial charge in [-0.3, -0.25) is 4.79 Å². The molecule has 0 heterocycles. The fourth-order valence-electron chi connectivity index (χ4n) is 1.68. The lowest BCUT2D eigenvalue weighted by molar-refractivity contribution is 0.104. The highest BCUT2D eigenvalue weighted by Gasteiger charge is 2.02. The number of ketones is 1. The van der Waals surface area contributed by atoms with Gasteiger partial charge in [-0.05, 0) is 48.9 Å². The molecule has 0 saturated carbocycles. The van der Waals surface area contributed by atoms with E-state index in [2.05, 4.69) is 5.32 Å². The zero-order valence-electron chi connectivity index (χ0n) is 10.9. The lowest BCUT2D eigenvalue weighted by Crippen LogP contribution is -1.96. The van der Waals surface area contributed by atoms with Crippen LogP contribution in [0, 0.1) is 6.92 Å². The molecule has 0 atom stereocenters. The molecule has 4 heteroatoms. The lowest BCUT2D eigenvalue weighted by atomic mass is 10.1. The summed E-state index contributed by atoms with van der Waals surface area (Å²) in [6.45, 7) is 1.89. The maximum absolute atomic E-state index is 11.9. The van der Waals surface area contributed by atoms with E-state index in [1.54, 1.807) is 36.4 Å². The fourth-order valence-corrected chi connectivity index (χ4v) is 1.81. The Morgan fingerprint density at radius 3 is 2.55 bits per heavy atom. The zero-order chi connectivity index (χ0) is 14.5. The number of nitrogens with one attached hydrogen (secondary N) is 1. The van der Waals surface area contributed by atoms with E-state index in [4.69, 9.17) is 11.6 Å². The van der Waals surface area contributed by atoms with Gasteiger partial charge < -0.3 is 10.4 Å². The van der Waals surface area contributed by atoms with Gasteiger partial charge in [-0.1, -0.05) is 17.7 Å². The first-order chi connectivity index (χ1) is 9.56. The van der Waals surface area contributed by atoms with E-state index in [0.717, 1.165) is 5.56 Å². The minimum Gasteiger partial charge on any atom is -0.506 e. The Labute approximate surface area is 122 Å². The minimum atomic E-state index is -0.138. The maximum Gasteiger partial charge on any atom is 0.187 e. The highest BCUT2D eigenvalue weighted by molar-refractivity contribution is 6.30. The number of rotatable bonds is 4. The van der Waals surface area contributed by atoms with E-state index >= 15 is 0 Å². The molecule has 0 fully saturated rings. The van der Waals surface area contributed by atoms with Crippen LogP contribution in [0.4, 0.5) is 5.69 Å². The van der Waals surface area contributed by atoms with Crippen molar-refractivity contribution in [3.8, 4) is 5.75 Å². The molecule has 20 heavy (non-hydrogen) atoms. The average molecular weight is 288 g/mol. The first kappa shape index (κ1) is 14.2. The number of aromatic hydroxyl groups is 1. The van der Waals surface area contributed by atoms with Crippen molar-refractivity contribution in [2.75, 3.05) is 5.32 Å². The molecule has 0 unspecified atom stereocenters. The molecule has 0 saturated heterocycles. The number of phenolic OH excluding ortho intramolecular Hbond substituents is 1. The van der Waals surface area contributed by atoms with Crippen molar-refractivity contribution >= 4 is 23.1 Å². The summed E-state index contributed by atoms with van der Waals surface area (Å²) in [5.74, 6) is 0.00867. The second-order valence-corrected chi connectivity index (χ2v) is 4.81. The van der Waals surface area contributed by atoms with E-state index in [1.807, 2.05) is 13.0 Å². The smallest absolute Gasteiger partial charge is 0.187 e. The molecule has 0 aliphatic rings. The van der Waals surface area contributed by atoms with Crippen LogP contribution < -0.4 is 5.32 Å². The first-order valence-corrected chi connectivity index (χ1v) is 6.46. The number of hydrogen-bond acceptors (Lipinski definition) is 3. The van der Waals surface area contributed by atoms with Crippen molar-refractivity contribution in [1.29, 1.82) is 0 Å². The maximum atomic E-state index is 11.9. The van der Waals surface area contributed by atoms with Crippen molar-refractivity contribution in [3.05, 3.63) is 70.9 Å². The van der Waals surface area contributed by atoms with Gasteiger partial charge in [0.25, 0.3) is 0 Å². The standard InChI is InChI=1S/C16H14ClNO2/c1-11-2-7-14(16(20)10-11)18-9-8-15(19)12-3-5-13(17)6-4-12/h2-10,18,20H,1H3/b9-8+. The summed E-state index contributed by atoms with van der Waals surface area (Å²) < 4.78 is 0. The molecule has 0 aliphatic carbocycles. The molecule has 0 radical (unpaired) electrons. The SMILES string of the molecule is Cc1ccc(N/C=C/C(=O)c2ccc(Cl)cc2)c(O)c1. The monoisotopic (exact) mass is 287 g/mol. The molecule has 2 N–H and O–H groups in total. The Balaban J connectivity index is 2.02. The Hall–Kier alpha value is -2.26. The normalized spacial score (nSPS) is 10.7. The van der Waals surface area contributed by atoms with Crippen LogP contribution in [-0.2, 0) is 0 Å². The number of phenols is 1. The lowest BCUT2D eigenvalue weighted by Gasteiger charge is -2.04. The van der Waals surface area contributed by atoms with Crippen LogP contribution in [0.15, 0.2) is 54.7 Å². The molecule has 102 valence electrons. The van der Waals surface area contributed by atoms with Gasteiger partial charge in [0.1, 0.15) is 5.75 Å². The van der Waals surface area contributed by atoms with Crippen molar-refractivity contribution in [2.45, 2.75) is 6.92 Å². The van der Waals surface area contributed by atoms with Crippen molar-refractivity contribution < 1.29 is 9.90 Å². The molecular formula is C16H14ClNO2. The van der Waals surface area contributed by atoms with E-state index in [1.165, 1.54) is 12.3 Å². The van der Waals surface area contributed by atoms with E-state index in [-0.39, 0.29) is 11.5 Å². The Bertz CT molecular complexity index is 648. The van der Waals surface area contributed by atoms with Gasteiger partial charge in [-0.15, -0.1) is 0 Å². The number of hydrogen-bond donors (Lipinski definition) is 2. The fraction of sp³-hybridized carbons (Fsp3) is 0.0625. The number of benzene rings is 2. The van der Waals surface area contributed by atoms with Crippen molar-refractivity contribution in [2.24, 2.45) is 0 Å². The summed E-state index contributed by atoms with van der Waals surface area (Å²) in [6, 6.07) is 11.9. The predicted molar refractivity (Wildman–Crippen MR) is 81.4 cm³/mol. The Morgan fingerprint density at radius 1 is 1.20 bits per heavy atom. The molecule has 2 rings (SSSR count). The largest absolute Gasteiger partial charge is 0.506 e. The number of aryl methyl sites for hydroxylation is 1. The molecule has 2 aromatic rings. The van der Waals surface area contributed by atoms with Gasteiger partial charge in [-0.2, -0.15) is 0 Å². The van der Waals surface area contributed by atoms with E-state index in [0.29, 0.717) is 16.3 Å². The summed E-state index contributed by atoms with van der Waals surface area (Å²) in [5, 5.41) is 13.2. The number of halogens is 1. The molecule has 0 amide bonds. The van der Waals surface area contributed by atoms with Crippen LogP contribution in [0.2, 0.25) is 5.02 Å². The zero-order valence-corrected chi connectivity index (χ0v) is 11.7. The number of allylic oxidation sites excluding steroid dienone is 1. The van der Waals surface area contributed by atoms with Crippen LogP contribution in [0.25, 0.3) is 0 Å². The van der Waals surface area contributed by atoms with Gasteiger partial charge in [0.2, 0.25) is 0 Å². The van der Waals surface area contributed by atoms with Crippen LogP contribution >= 0.6 is 11.6 Å². The Kier molecular flexibility index (Phi) is 4.43.